The lowest BCUT2D eigenvalue weighted by molar-refractivity contribution is 0.595. The van der Waals surface area contributed by atoms with E-state index in [9.17, 15) is 8.42 Å². The number of benzene rings is 2. The third-order valence-corrected chi connectivity index (χ3v) is 4.72. The fourth-order valence-electron chi connectivity index (χ4n) is 1.75. The van der Waals surface area contributed by atoms with Gasteiger partial charge in [0, 0.05) is 5.02 Å². The van der Waals surface area contributed by atoms with Crippen molar-refractivity contribution < 1.29 is 8.42 Å². The molecule has 0 saturated carbocycles. The van der Waals surface area contributed by atoms with E-state index in [0.29, 0.717) is 16.1 Å². The van der Waals surface area contributed by atoms with Gasteiger partial charge in [0.15, 0.2) is 9.84 Å². The molecule has 0 spiro atoms. The highest BCUT2D eigenvalue weighted by atomic mass is 35.5. The summed E-state index contributed by atoms with van der Waals surface area (Å²) in [5, 5.41) is 9.02. The molecule has 0 fully saturated rings. The van der Waals surface area contributed by atoms with E-state index in [2.05, 4.69) is 0 Å². The zero-order valence-corrected chi connectivity index (χ0v) is 11.9. The van der Waals surface area contributed by atoms with Gasteiger partial charge in [-0.15, -0.1) is 0 Å². The van der Waals surface area contributed by atoms with E-state index in [-0.39, 0.29) is 16.3 Å². The van der Waals surface area contributed by atoms with Crippen LogP contribution in [0.15, 0.2) is 47.4 Å². The van der Waals surface area contributed by atoms with Crippen molar-refractivity contribution in [3.05, 3.63) is 58.6 Å². The molecule has 0 aliphatic carbocycles. The van der Waals surface area contributed by atoms with Gasteiger partial charge in [-0.25, -0.2) is 8.42 Å². The number of nitriles is 1. The molecule has 0 bridgehead atoms. The lowest BCUT2D eigenvalue weighted by Gasteiger charge is -2.08. The molecule has 4 nitrogen and oxygen atoms in total. The van der Waals surface area contributed by atoms with E-state index in [1.807, 2.05) is 6.07 Å². The van der Waals surface area contributed by atoms with Crippen LogP contribution < -0.4 is 5.73 Å². The molecule has 102 valence electrons. The first kappa shape index (κ1) is 14.4. The van der Waals surface area contributed by atoms with Crippen LogP contribution in [-0.2, 0) is 15.6 Å². The third-order valence-electron chi connectivity index (χ3n) is 2.75. The van der Waals surface area contributed by atoms with Crippen LogP contribution in [0.25, 0.3) is 0 Å². The molecule has 6 heteroatoms. The summed E-state index contributed by atoms with van der Waals surface area (Å²) in [5.74, 6) is -0.191. The molecule has 0 aliphatic rings. The molecule has 2 aromatic carbocycles. The van der Waals surface area contributed by atoms with Crippen molar-refractivity contribution in [2.24, 2.45) is 0 Å². The maximum atomic E-state index is 12.3. The Kier molecular flexibility index (Phi) is 3.98. The van der Waals surface area contributed by atoms with E-state index in [1.165, 1.54) is 18.2 Å². The summed E-state index contributed by atoms with van der Waals surface area (Å²) in [6.45, 7) is 0. The first-order chi connectivity index (χ1) is 9.42. The topological polar surface area (TPSA) is 84.0 Å². The van der Waals surface area contributed by atoms with Gasteiger partial charge in [0.2, 0.25) is 0 Å². The number of anilines is 1. The Morgan fingerprint density at radius 3 is 2.40 bits per heavy atom. The van der Waals surface area contributed by atoms with Crippen molar-refractivity contribution in [3.8, 4) is 6.07 Å². The second kappa shape index (κ2) is 5.53. The summed E-state index contributed by atoms with van der Waals surface area (Å²) in [4.78, 5) is 0.0226. The van der Waals surface area contributed by atoms with Crippen LogP contribution in [0.2, 0.25) is 5.02 Å². The van der Waals surface area contributed by atoms with Gasteiger partial charge in [-0.2, -0.15) is 5.26 Å². The monoisotopic (exact) mass is 306 g/mol. The summed E-state index contributed by atoms with van der Waals surface area (Å²) >= 11 is 5.81. The van der Waals surface area contributed by atoms with E-state index in [1.54, 1.807) is 24.3 Å². The Balaban J connectivity index is 2.35. The maximum absolute atomic E-state index is 12.3. The third kappa shape index (κ3) is 3.10. The molecule has 2 aromatic rings. The minimum absolute atomic E-state index is 0.0226. The van der Waals surface area contributed by atoms with Crippen molar-refractivity contribution in [2.75, 3.05) is 5.73 Å². The van der Waals surface area contributed by atoms with Gasteiger partial charge < -0.3 is 5.73 Å². The number of nitrogens with two attached hydrogens (primary N) is 1. The highest BCUT2D eigenvalue weighted by Crippen LogP contribution is 2.25. The van der Waals surface area contributed by atoms with Gasteiger partial charge in [0.05, 0.1) is 28.0 Å². The predicted octanol–water partition coefficient (Wildman–Crippen LogP) is 2.77. The molecule has 0 saturated heterocycles. The number of hydrogen-bond acceptors (Lipinski definition) is 4. The quantitative estimate of drug-likeness (QED) is 0.884. The van der Waals surface area contributed by atoms with Crippen LogP contribution in [0.4, 0.5) is 5.69 Å². The molecule has 0 heterocycles. The van der Waals surface area contributed by atoms with Gasteiger partial charge >= 0.3 is 0 Å². The Labute approximate surface area is 122 Å². The zero-order valence-electron chi connectivity index (χ0n) is 10.4. The van der Waals surface area contributed by atoms with Crippen LogP contribution in [0.3, 0.4) is 0 Å². The zero-order chi connectivity index (χ0) is 14.8. The second-order valence-corrected chi connectivity index (χ2v) is 6.64. The van der Waals surface area contributed by atoms with E-state index in [0.717, 1.165) is 0 Å². The second-order valence-electron chi connectivity index (χ2n) is 4.25. The molecule has 0 unspecified atom stereocenters. The number of halogens is 1. The molecule has 2 rings (SSSR count). The highest BCUT2D eigenvalue weighted by Gasteiger charge is 2.18. The summed E-state index contributed by atoms with van der Waals surface area (Å²) in [6, 6.07) is 12.7. The standard InChI is InChI=1S/C14H11ClN2O2S/c15-12-5-6-13(17)14(7-12)20(18,19)9-11-3-1-10(8-16)2-4-11/h1-7H,9,17H2. The van der Waals surface area contributed by atoms with Crippen LogP contribution >= 0.6 is 11.6 Å². The Hall–Kier alpha value is -2.03. The minimum Gasteiger partial charge on any atom is -0.398 e. The number of hydrogen-bond donors (Lipinski definition) is 1. The molecule has 0 radical (unpaired) electrons. The number of nitrogen functional groups attached to an aromatic ring is 1. The van der Waals surface area contributed by atoms with Gasteiger partial charge in [-0.1, -0.05) is 23.7 Å². The van der Waals surface area contributed by atoms with Gasteiger partial charge in [0.1, 0.15) is 0 Å². The lowest BCUT2D eigenvalue weighted by atomic mass is 10.2. The predicted molar refractivity (Wildman–Crippen MR) is 77.9 cm³/mol. The van der Waals surface area contributed by atoms with Crippen molar-refractivity contribution in [2.45, 2.75) is 10.6 Å². The van der Waals surface area contributed by atoms with Crippen LogP contribution in [-0.4, -0.2) is 8.42 Å². The fourth-order valence-corrected chi connectivity index (χ4v) is 3.51. The van der Waals surface area contributed by atoms with Crippen molar-refractivity contribution in [1.82, 2.24) is 0 Å². The van der Waals surface area contributed by atoms with Gasteiger partial charge in [-0.3, -0.25) is 0 Å². The first-order valence-electron chi connectivity index (χ1n) is 5.69. The molecular formula is C14H11ClN2O2S. The average Bonchev–Trinajstić information content (AvgIpc) is 2.42. The molecule has 20 heavy (non-hydrogen) atoms. The van der Waals surface area contributed by atoms with E-state index in [4.69, 9.17) is 22.6 Å². The van der Waals surface area contributed by atoms with Crippen molar-refractivity contribution >= 4 is 27.1 Å². The lowest BCUT2D eigenvalue weighted by Crippen LogP contribution is -2.08. The summed E-state index contributed by atoms with van der Waals surface area (Å²) in [6.07, 6.45) is 0. The number of sulfone groups is 1. The van der Waals surface area contributed by atoms with Crippen molar-refractivity contribution in [1.29, 1.82) is 5.26 Å². The molecule has 2 N–H and O–H groups in total. The molecule has 0 aliphatic heterocycles. The number of nitrogens with zero attached hydrogens (tertiary/aromatic N) is 1. The minimum atomic E-state index is -3.58. The first-order valence-corrected chi connectivity index (χ1v) is 7.72. The molecule has 0 amide bonds. The van der Waals surface area contributed by atoms with Crippen LogP contribution in [0.5, 0.6) is 0 Å². The fraction of sp³-hybridized carbons (Fsp3) is 0.0714. The normalized spacial score (nSPS) is 11.0. The smallest absolute Gasteiger partial charge is 0.184 e. The summed E-state index contributed by atoms with van der Waals surface area (Å²) in [7, 11) is -3.58. The largest absolute Gasteiger partial charge is 0.398 e. The van der Waals surface area contributed by atoms with Gasteiger partial charge in [0.25, 0.3) is 0 Å². The summed E-state index contributed by atoms with van der Waals surface area (Å²) in [5.41, 5.74) is 6.93. The maximum Gasteiger partial charge on any atom is 0.184 e. The molecule has 0 atom stereocenters. The van der Waals surface area contributed by atoms with Crippen molar-refractivity contribution in [3.63, 3.8) is 0 Å². The highest BCUT2D eigenvalue weighted by molar-refractivity contribution is 7.90. The number of rotatable bonds is 3. The Bertz CT molecular complexity index is 778. The average molecular weight is 307 g/mol. The van der Waals surface area contributed by atoms with E-state index >= 15 is 0 Å². The van der Waals surface area contributed by atoms with E-state index < -0.39 is 9.84 Å². The summed E-state index contributed by atoms with van der Waals surface area (Å²) < 4.78 is 24.7. The Morgan fingerprint density at radius 2 is 1.80 bits per heavy atom. The molecule has 0 aromatic heterocycles. The molecular weight excluding hydrogens is 296 g/mol. The Morgan fingerprint density at radius 1 is 1.15 bits per heavy atom. The van der Waals surface area contributed by atoms with Gasteiger partial charge in [-0.05, 0) is 35.9 Å². The van der Waals surface area contributed by atoms with Crippen LogP contribution in [0, 0.1) is 11.3 Å². The van der Waals surface area contributed by atoms with Crippen LogP contribution in [0.1, 0.15) is 11.1 Å². The SMILES string of the molecule is N#Cc1ccc(CS(=O)(=O)c2cc(Cl)ccc2N)cc1.